The molecular formula is C11H8BrClN2O. The number of carbonyl (C=O) groups excluding carboxylic acids is 1. The normalized spacial score (nSPS) is 10.4. The molecule has 0 radical (unpaired) electrons. The second-order valence-electron chi connectivity index (χ2n) is 3.31. The molecule has 5 heteroatoms. The van der Waals surface area contributed by atoms with Gasteiger partial charge in [-0.05, 0) is 41.1 Å². The van der Waals surface area contributed by atoms with E-state index in [0.29, 0.717) is 10.7 Å². The summed E-state index contributed by atoms with van der Waals surface area (Å²) in [5.41, 5.74) is 2.10. The molecule has 0 fully saturated rings. The molecule has 1 aromatic carbocycles. The Bertz CT molecular complexity index is 551. The maximum absolute atomic E-state index is 10.6. The van der Waals surface area contributed by atoms with Crippen molar-refractivity contribution < 1.29 is 4.79 Å². The van der Waals surface area contributed by atoms with E-state index in [2.05, 4.69) is 21.0 Å². The summed E-state index contributed by atoms with van der Waals surface area (Å²) in [5.74, 6) is 0. The van der Waals surface area contributed by atoms with E-state index in [0.717, 1.165) is 22.1 Å². The van der Waals surface area contributed by atoms with Crippen LogP contribution < -0.4 is 0 Å². The molecule has 0 saturated heterocycles. The number of aryl methyl sites for hydroxylation is 1. The second-order valence-corrected chi connectivity index (χ2v) is 4.51. The van der Waals surface area contributed by atoms with Crippen LogP contribution in [0.4, 0.5) is 0 Å². The van der Waals surface area contributed by atoms with Crippen molar-refractivity contribution in [3.05, 3.63) is 45.1 Å². The molecule has 1 aromatic heterocycles. The Kier molecular flexibility index (Phi) is 3.12. The van der Waals surface area contributed by atoms with Crippen LogP contribution in [0.1, 0.15) is 16.2 Å². The molecule has 16 heavy (non-hydrogen) atoms. The van der Waals surface area contributed by atoms with Crippen molar-refractivity contribution in [3.63, 3.8) is 0 Å². The number of hydrogen-bond acceptors (Lipinski definition) is 2. The zero-order valence-corrected chi connectivity index (χ0v) is 10.8. The van der Waals surface area contributed by atoms with Gasteiger partial charge in [-0.25, -0.2) is 4.68 Å². The first-order valence-corrected chi connectivity index (χ1v) is 5.77. The first kappa shape index (κ1) is 11.4. The number of carbonyl (C=O) groups is 1. The van der Waals surface area contributed by atoms with Crippen molar-refractivity contribution in [3.8, 4) is 5.69 Å². The predicted octanol–water partition coefficient (Wildman–Crippen LogP) is 3.41. The lowest BCUT2D eigenvalue weighted by Gasteiger charge is -2.07. The molecule has 0 unspecified atom stereocenters. The average Bonchev–Trinajstić information content (AvgIpc) is 2.64. The monoisotopic (exact) mass is 298 g/mol. The summed E-state index contributed by atoms with van der Waals surface area (Å²) in [6.07, 6.45) is 0.724. The van der Waals surface area contributed by atoms with Crippen molar-refractivity contribution in [2.24, 2.45) is 0 Å². The van der Waals surface area contributed by atoms with E-state index >= 15 is 0 Å². The SMILES string of the molecule is Cc1cc(C=O)nn1-c1cccc(Cl)c1Br. The minimum atomic E-state index is 0.407. The van der Waals surface area contributed by atoms with Crippen molar-refractivity contribution in [1.29, 1.82) is 0 Å². The smallest absolute Gasteiger partial charge is 0.170 e. The Morgan fingerprint density at radius 3 is 2.88 bits per heavy atom. The third kappa shape index (κ3) is 1.90. The van der Waals surface area contributed by atoms with Gasteiger partial charge in [-0.2, -0.15) is 5.10 Å². The highest BCUT2D eigenvalue weighted by Gasteiger charge is 2.10. The average molecular weight is 300 g/mol. The fourth-order valence-electron chi connectivity index (χ4n) is 1.46. The number of benzene rings is 1. The lowest BCUT2D eigenvalue weighted by atomic mass is 10.3. The fraction of sp³-hybridized carbons (Fsp3) is 0.0909. The Hall–Kier alpha value is -1.13. The highest BCUT2D eigenvalue weighted by Crippen LogP contribution is 2.29. The molecule has 0 spiro atoms. The van der Waals surface area contributed by atoms with Crippen LogP contribution in [-0.4, -0.2) is 16.1 Å². The highest BCUT2D eigenvalue weighted by molar-refractivity contribution is 9.10. The van der Waals surface area contributed by atoms with Gasteiger partial charge < -0.3 is 0 Å². The van der Waals surface area contributed by atoms with Crippen LogP contribution in [0.3, 0.4) is 0 Å². The van der Waals surface area contributed by atoms with Gasteiger partial charge in [0.2, 0.25) is 0 Å². The van der Waals surface area contributed by atoms with Crippen LogP contribution in [-0.2, 0) is 0 Å². The standard InChI is InChI=1S/C11H8BrClN2O/c1-7-5-8(6-16)14-15(7)10-4-2-3-9(13)11(10)12/h2-6H,1H3. The summed E-state index contributed by atoms with van der Waals surface area (Å²) in [6.45, 7) is 1.88. The Morgan fingerprint density at radius 2 is 2.25 bits per heavy atom. The zero-order chi connectivity index (χ0) is 11.7. The third-order valence-corrected chi connectivity index (χ3v) is 3.56. The summed E-state index contributed by atoms with van der Waals surface area (Å²) in [7, 11) is 0. The quantitative estimate of drug-likeness (QED) is 0.797. The van der Waals surface area contributed by atoms with Gasteiger partial charge >= 0.3 is 0 Å². The van der Waals surface area contributed by atoms with Crippen molar-refractivity contribution in [2.75, 3.05) is 0 Å². The van der Waals surface area contributed by atoms with Crippen LogP contribution in [0.15, 0.2) is 28.7 Å². The van der Waals surface area contributed by atoms with Crippen molar-refractivity contribution in [2.45, 2.75) is 6.92 Å². The summed E-state index contributed by atoms with van der Waals surface area (Å²) in [6, 6.07) is 7.23. The molecule has 0 amide bonds. The zero-order valence-electron chi connectivity index (χ0n) is 8.45. The van der Waals surface area contributed by atoms with E-state index in [1.807, 2.05) is 19.1 Å². The maximum Gasteiger partial charge on any atom is 0.170 e. The largest absolute Gasteiger partial charge is 0.296 e. The highest BCUT2D eigenvalue weighted by atomic mass is 79.9. The van der Waals surface area contributed by atoms with E-state index in [4.69, 9.17) is 11.6 Å². The van der Waals surface area contributed by atoms with Gasteiger partial charge in [-0.15, -0.1) is 0 Å². The summed E-state index contributed by atoms with van der Waals surface area (Å²) >= 11 is 9.40. The predicted molar refractivity (Wildman–Crippen MR) is 66.4 cm³/mol. The van der Waals surface area contributed by atoms with Crippen LogP contribution in [0.25, 0.3) is 5.69 Å². The minimum absolute atomic E-state index is 0.407. The molecule has 1 heterocycles. The summed E-state index contributed by atoms with van der Waals surface area (Å²) in [5, 5.41) is 4.77. The van der Waals surface area contributed by atoms with Crippen molar-refractivity contribution in [1.82, 2.24) is 9.78 Å². The summed E-state index contributed by atoms with van der Waals surface area (Å²) < 4.78 is 2.44. The van der Waals surface area contributed by atoms with Gasteiger partial charge in [0.1, 0.15) is 5.69 Å². The van der Waals surface area contributed by atoms with Crippen LogP contribution >= 0.6 is 27.5 Å². The molecule has 0 saturated carbocycles. The molecule has 0 bridgehead atoms. The van der Waals surface area contributed by atoms with Crippen LogP contribution in [0.5, 0.6) is 0 Å². The molecule has 0 N–H and O–H groups in total. The molecule has 3 nitrogen and oxygen atoms in total. The lowest BCUT2D eigenvalue weighted by molar-refractivity contribution is 0.111. The number of aromatic nitrogens is 2. The van der Waals surface area contributed by atoms with Gasteiger partial charge in [0.05, 0.1) is 15.2 Å². The first-order chi connectivity index (χ1) is 7.63. The second kappa shape index (κ2) is 4.39. The molecule has 2 rings (SSSR count). The Balaban J connectivity index is 2.62. The molecule has 0 aliphatic carbocycles. The molecule has 0 aliphatic heterocycles. The van der Waals surface area contributed by atoms with Gasteiger partial charge in [0.25, 0.3) is 0 Å². The van der Waals surface area contributed by atoms with E-state index in [1.54, 1.807) is 16.8 Å². The molecule has 0 aliphatic rings. The molecule has 0 atom stereocenters. The third-order valence-electron chi connectivity index (χ3n) is 2.19. The number of nitrogens with zero attached hydrogens (tertiary/aromatic N) is 2. The van der Waals surface area contributed by atoms with E-state index in [9.17, 15) is 4.79 Å². The maximum atomic E-state index is 10.6. The number of aldehydes is 1. The van der Waals surface area contributed by atoms with Gasteiger partial charge in [0.15, 0.2) is 6.29 Å². The van der Waals surface area contributed by atoms with Gasteiger partial charge in [0, 0.05) is 5.69 Å². The van der Waals surface area contributed by atoms with Crippen molar-refractivity contribution >= 4 is 33.8 Å². The topological polar surface area (TPSA) is 34.9 Å². The molecule has 2 aromatic rings. The van der Waals surface area contributed by atoms with Gasteiger partial charge in [-0.1, -0.05) is 17.7 Å². The molecular weight excluding hydrogens is 291 g/mol. The number of rotatable bonds is 2. The lowest BCUT2D eigenvalue weighted by Crippen LogP contribution is -2.00. The first-order valence-electron chi connectivity index (χ1n) is 4.59. The van der Waals surface area contributed by atoms with Crippen LogP contribution in [0.2, 0.25) is 5.02 Å². The van der Waals surface area contributed by atoms with Gasteiger partial charge in [-0.3, -0.25) is 4.79 Å². The number of hydrogen-bond donors (Lipinski definition) is 0. The number of halogens is 2. The fourth-order valence-corrected chi connectivity index (χ4v) is 2.06. The van der Waals surface area contributed by atoms with E-state index < -0.39 is 0 Å². The Morgan fingerprint density at radius 1 is 1.50 bits per heavy atom. The van der Waals surface area contributed by atoms with E-state index in [1.165, 1.54) is 0 Å². The molecule has 82 valence electrons. The summed E-state index contributed by atoms with van der Waals surface area (Å²) in [4.78, 5) is 10.6. The van der Waals surface area contributed by atoms with Crippen LogP contribution in [0, 0.1) is 6.92 Å². The Labute approximate surface area is 106 Å². The minimum Gasteiger partial charge on any atom is -0.296 e. The van der Waals surface area contributed by atoms with E-state index in [-0.39, 0.29) is 0 Å².